The summed E-state index contributed by atoms with van der Waals surface area (Å²) in [4.78, 5) is 29.2. The molecule has 8 nitrogen and oxygen atoms in total. The minimum atomic E-state index is -0.591. The zero-order chi connectivity index (χ0) is 22.4. The van der Waals surface area contributed by atoms with Crippen LogP contribution in [0.25, 0.3) is 0 Å². The SMILES string of the molecule is CO[C@@H]1CN(CCCOc2ccc(F)cc2)CC[C@@H]1NC(=O)c1cc(Cl)c(N)[nH]c1=O. The van der Waals surface area contributed by atoms with Crippen LogP contribution in [-0.2, 0) is 4.74 Å². The Morgan fingerprint density at radius 2 is 2.13 bits per heavy atom. The van der Waals surface area contributed by atoms with E-state index in [2.05, 4.69) is 15.2 Å². The molecule has 2 heterocycles. The Kier molecular flexibility index (Phi) is 7.89. The van der Waals surface area contributed by atoms with Gasteiger partial charge in [-0.15, -0.1) is 0 Å². The highest BCUT2D eigenvalue weighted by atomic mass is 35.5. The number of hydrogen-bond donors (Lipinski definition) is 3. The molecule has 2 aromatic rings. The molecule has 1 aliphatic rings. The molecule has 1 aromatic carbocycles. The van der Waals surface area contributed by atoms with Gasteiger partial charge in [0, 0.05) is 26.7 Å². The van der Waals surface area contributed by atoms with Crippen LogP contribution in [-0.4, -0.2) is 61.3 Å². The summed E-state index contributed by atoms with van der Waals surface area (Å²) in [7, 11) is 1.60. The number of carbonyl (C=O) groups excluding carboxylic acids is 1. The summed E-state index contributed by atoms with van der Waals surface area (Å²) < 4.78 is 24.1. The van der Waals surface area contributed by atoms with Gasteiger partial charge < -0.3 is 30.4 Å². The van der Waals surface area contributed by atoms with E-state index in [0.717, 1.165) is 19.5 Å². The lowest BCUT2D eigenvalue weighted by atomic mass is 10.0. The van der Waals surface area contributed by atoms with Crippen molar-refractivity contribution < 1.29 is 18.7 Å². The molecular weight excluding hydrogens is 427 g/mol. The first kappa shape index (κ1) is 23.1. The molecule has 3 rings (SSSR count). The summed E-state index contributed by atoms with van der Waals surface area (Å²) in [6, 6.07) is 6.96. The number of nitrogens with one attached hydrogen (secondary N) is 2. The van der Waals surface area contributed by atoms with Crippen LogP contribution in [0.5, 0.6) is 5.75 Å². The molecule has 0 aliphatic carbocycles. The fourth-order valence-electron chi connectivity index (χ4n) is 3.53. The smallest absolute Gasteiger partial charge is 0.262 e. The summed E-state index contributed by atoms with van der Waals surface area (Å²) >= 11 is 5.92. The van der Waals surface area contributed by atoms with Gasteiger partial charge in [0.1, 0.15) is 22.9 Å². The first-order chi connectivity index (χ1) is 14.9. The van der Waals surface area contributed by atoms with Crippen LogP contribution in [0.15, 0.2) is 35.1 Å². The number of amides is 1. The van der Waals surface area contributed by atoms with E-state index in [1.165, 1.54) is 18.2 Å². The summed E-state index contributed by atoms with van der Waals surface area (Å²) in [5.74, 6) is -0.154. The normalized spacial score (nSPS) is 19.2. The zero-order valence-electron chi connectivity index (χ0n) is 17.2. The average molecular weight is 453 g/mol. The van der Waals surface area contributed by atoms with Crippen molar-refractivity contribution in [3.63, 3.8) is 0 Å². The van der Waals surface area contributed by atoms with Crippen LogP contribution in [0.3, 0.4) is 0 Å². The third kappa shape index (κ3) is 6.19. The van der Waals surface area contributed by atoms with Crippen molar-refractivity contribution in [1.29, 1.82) is 0 Å². The maximum absolute atomic E-state index is 12.9. The number of ether oxygens (including phenoxy) is 2. The van der Waals surface area contributed by atoms with Crippen molar-refractivity contribution in [2.75, 3.05) is 39.1 Å². The van der Waals surface area contributed by atoms with Gasteiger partial charge >= 0.3 is 0 Å². The number of methoxy groups -OCH3 is 1. The van der Waals surface area contributed by atoms with Crippen LogP contribution in [0.1, 0.15) is 23.2 Å². The molecular formula is C21H26ClFN4O4. The first-order valence-electron chi connectivity index (χ1n) is 10.00. The predicted molar refractivity (Wildman–Crippen MR) is 116 cm³/mol. The van der Waals surface area contributed by atoms with Crippen molar-refractivity contribution in [2.24, 2.45) is 0 Å². The number of hydrogen-bond acceptors (Lipinski definition) is 6. The van der Waals surface area contributed by atoms with Gasteiger partial charge in [0.05, 0.1) is 23.8 Å². The Hall–Kier alpha value is -2.62. The Labute approximate surface area is 184 Å². The molecule has 0 bridgehead atoms. The van der Waals surface area contributed by atoms with Gasteiger partial charge in [-0.1, -0.05) is 11.6 Å². The summed E-state index contributed by atoms with van der Waals surface area (Å²) in [5.41, 5.74) is 4.87. The summed E-state index contributed by atoms with van der Waals surface area (Å²) in [6.45, 7) is 2.71. The second-order valence-corrected chi connectivity index (χ2v) is 7.78. The molecule has 1 aromatic heterocycles. The van der Waals surface area contributed by atoms with Crippen LogP contribution in [0.2, 0.25) is 5.02 Å². The molecule has 1 aliphatic heterocycles. The van der Waals surface area contributed by atoms with Gasteiger partial charge in [-0.2, -0.15) is 0 Å². The monoisotopic (exact) mass is 452 g/mol. The van der Waals surface area contributed by atoms with E-state index in [1.54, 1.807) is 19.2 Å². The number of nitrogen functional groups attached to an aromatic ring is 1. The number of halogens is 2. The second-order valence-electron chi connectivity index (χ2n) is 7.37. The molecule has 0 spiro atoms. The van der Waals surface area contributed by atoms with Gasteiger partial charge in [0.25, 0.3) is 11.5 Å². The lowest BCUT2D eigenvalue weighted by Gasteiger charge is -2.38. The fourth-order valence-corrected chi connectivity index (χ4v) is 3.69. The molecule has 1 amide bonds. The average Bonchev–Trinajstić information content (AvgIpc) is 2.75. The minimum Gasteiger partial charge on any atom is -0.494 e. The largest absolute Gasteiger partial charge is 0.494 e. The molecule has 168 valence electrons. The maximum Gasteiger partial charge on any atom is 0.262 e. The van der Waals surface area contributed by atoms with Crippen LogP contribution in [0, 0.1) is 5.82 Å². The molecule has 1 saturated heterocycles. The molecule has 4 N–H and O–H groups in total. The number of anilines is 1. The number of rotatable bonds is 8. The number of nitrogens with zero attached hydrogens (tertiary/aromatic N) is 1. The number of carbonyl (C=O) groups is 1. The molecule has 0 radical (unpaired) electrons. The Bertz CT molecular complexity index is 953. The van der Waals surface area contributed by atoms with E-state index in [9.17, 15) is 14.0 Å². The number of aromatic nitrogens is 1. The highest BCUT2D eigenvalue weighted by Crippen LogP contribution is 2.17. The van der Waals surface area contributed by atoms with E-state index in [0.29, 0.717) is 25.3 Å². The highest BCUT2D eigenvalue weighted by molar-refractivity contribution is 6.33. The Morgan fingerprint density at radius 3 is 2.84 bits per heavy atom. The van der Waals surface area contributed by atoms with Crippen molar-refractivity contribution in [3.05, 3.63) is 57.1 Å². The molecule has 31 heavy (non-hydrogen) atoms. The fraction of sp³-hybridized carbons (Fsp3) is 0.429. The van der Waals surface area contributed by atoms with Gasteiger partial charge in [0.2, 0.25) is 0 Å². The first-order valence-corrected chi connectivity index (χ1v) is 10.4. The van der Waals surface area contributed by atoms with Crippen molar-refractivity contribution in [1.82, 2.24) is 15.2 Å². The summed E-state index contributed by atoms with van der Waals surface area (Å²) in [5, 5.41) is 2.99. The Morgan fingerprint density at radius 1 is 1.39 bits per heavy atom. The molecule has 0 unspecified atom stereocenters. The van der Waals surface area contributed by atoms with E-state index >= 15 is 0 Å². The highest BCUT2D eigenvalue weighted by Gasteiger charge is 2.31. The van der Waals surface area contributed by atoms with Crippen molar-refractivity contribution in [3.8, 4) is 5.75 Å². The number of H-pyrrole nitrogens is 1. The quantitative estimate of drug-likeness (QED) is 0.529. The number of piperidine rings is 1. The molecule has 10 heteroatoms. The zero-order valence-corrected chi connectivity index (χ0v) is 18.0. The minimum absolute atomic E-state index is 0.0229. The Balaban J connectivity index is 1.47. The standard InChI is InChI=1S/C21H26ClFN4O4/c1-30-18-12-27(8-2-10-31-14-5-3-13(23)4-6-14)9-7-17(18)25-20(28)15-11-16(22)19(24)26-21(15)29/h3-6,11,17-18H,2,7-10,12H2,1H3,(H,25,28)(H3,24,26,29)/t17-,18+/m0/s1. The lowest BCUT2D eigenvalue weighted by Crippen LogP contribution is -2.55. The molecule has 1 fully saturated rings. The van der Waals surface area contributed by atoms with Gasteiger partial charge in [-0.25, -0.2) is 4.39 Å². The van der Waals surface area contributed by atoms with E-state index in [4.69, 9.17) is 26.8 Å². The second kappa shape index (κ2) is 10.6. The summed E-state index contributed by atoms with van der Waals surface area (Å²) in [6.07, 6.45) is 1.24. The van der Waals surface area contributed by atoms with Gasteiger partial charge in [-0.3, -0.25) is 9.59 Å². The molecule has 2 atom stereocenters. The van der Waals surface area contributed by atoms with Crippen molar-refractivity contribution in [2.45, 2.75) is 25.0 Å². The number of likely N-dealkylation sites (tertiary alicyclic amines) is 1. The van der Waals surface area contributed by atoms with E-state index in [1.807, 2.05) is 0 Å². The topological polar surface area (TPSA) is 110 Å². The lowest BCUT2D eigenvalue weighted by molar-refractivity contribution is 0.00528. The molecule has 0 saturated carbocycles. The van der Waals surface area contributed by atoms with Crippen LogP contribution >= 0.6 is 11.6 Å². The van der Waals surface area contributed by atoms with Crippen LogP contribution in [0.4, 0.5) is 10.2 Å². The van der Waals surface area contributed by atoms with E-state index < -0.39 is 11.5 Å². The van der Waals surface area contributed by atoms with E-state index in [-0.39, 0.29) is 34.4 Å². The third-order valence-corrected chi connectivity index (χ3v) is 5.54. The van der Waals surface area contributed by atoms with Gasteiger partial charge in [0.15, 0.2) is 0 Å². The number of aromatic amines is 1. The van der Waals surface area contributed by atoms with Crippen LogP contribution < -0.4 is 21.3 Å². The third-order valence-electron chi connectivity index (χ3n) is 5.23. The predicted octanol–water partition coefficient (Wildman–Crippen LogP) is 2.04. The number of pyridine rings is 1. The van der Waals surface area contributed by atoms with Crippen molar-refractivity contribution >= 4 is 23.3 Å². The maximum atomic E-state index is 12.9. The number of benzene rings is 1. The van der Waals surface area contributed by atoms with Gasteiger partial charge in [-0.05, 0) is 43.2 Å². The number of nitrogens with two attached hydrogens (primary N) is 1.